The van der Waals surface area contributed by atoms with Gasteiger partial charge in [-0.05, 0) is 19.4 Å². The molecule has 0 aliphatic rings. The van der Waals surface area contributed by atoms with Crippen LogP contribution in [0.2, 0.25) is 0 Å². The quantitative estimate of drug-likeness (QED) is 0.829. The number of nitrogens with zero attached hydrogens (tertiary/aromatic N) is 3. The normalized spacial score (nSPS) is 14.2. The van der Waals surface area contributed by atoms with Gasteiger partial charge < -0.3 is 5.11 Å². The number of carbonyl (C=O) groups is 1. The van der Waals surface area contributed by atoms with Gasteiger partial charge in [-0.1, -0.05) is 30.3 Å². The fourth-order valence-electron chi connectivity index (χ4n) is 2.25. The average molecular weight is 274 g/mol. The number of hydrogen-bond donors (Lipinski definition) is 2. The van der Waals surface area contributed by atoms with Gasteiger partial charge >= 0.3 is 5.97 Å². The zero-order valence-corrected chi connectivity index (χ0v) is 11.5. The summed E-state index contributed by atoms with van der Waals surface area (Å²) in [5, 5.41) is 17.0. The Morgan fingerprint density at radius 1 is 1.40 bits per heavy atom. The van der Waals surface area contributed by atoms with Gasteiger partial charge in [0, 0.05) is 6.04 Å². The summed E-state index contributed by atoms with van der Waals surface area (Å²) in [7, 11) is 0. The summed E-state index contributed by atoms with van der Waals surface area (Å²) in [6.07, 6.45) is 2.91. The predicted molar refractivity (Wildman–Crippen MR) is 74.0 cm³/mol. The third kappa shape index (κ3) is 2.85. The zero-order chi connectivity index (χ0) is 14.6. The number of carboxylic acids is 1. The van der Waals surface area contributed by atoms with Crippen molar-refractivity contribution in [2.24, 2.45) is 0 Å². The van der Waals surface area contributed by atoms with Gasteiger partial charge in [-0.25, -0.2) is 9.78 Å². The third-order valence-electron chi connectivity index (χ3n) is 3.03. The first-order chi connectivity index (χ1) is 9.54. The van der Waals surface area contributed by atoms with Gasteiger partial charge in [0.05, 0.1) is 6.54 Å². The maximum atomic E-state index is 12.0. The van der Waals surface area contributed by atoms with E-state index in [9.17, 15) is 9.90 Å². The van der Waals surface area contributed by atoms with Crippen LogP contribution in [0.5, 0.6) is 0 Å². The predicted octanol–water partition coefficient (Wildman–Crippen LogP) is 1.26. The van der Waals surface area contributed by atoms with E-state index in [1.165, 1.54) is 17.3 Å². The molecule has 1 aromatic carbocycles. The number of aliphatic carboxylic acids is 1. The zero-order valence-electron chi connectivity index (χ0n) is 11.5. The molecule has 1 unspecified atom stereocenters. The second-order valence-corrected chi connectivity index (χ2v) is 4.97. The molecular weight excluding hydrogens is 256 g/mol. The number of hydrogen-bond acceptors (Lipinski definition) is 4. The molecule has 0 amide bonds. The van der Waals surface area contributed by atoms with Crippen LogP contribution in [0.3, 0.4) is 0 Å². The second-order valence-electron chi connectivity index (χ2n) is 4.97. The number of aromatic nitrogens is 3. The lowest BCUT2D eigenvalue weighted by atomic mass is 9.89. The Balaban J connectivity index is 2.47. The van der Waals surface area contributed by atoms with Crippen molar-refractivity contribution < 1.29 is 9.90 Å². The van der Waals surface area contributed by atoms with E-state index in [-0.39, 0.29) is 12.6 Å². The van der Waals surface area contributed by atoms with Crippen molar-refractivity contribution in [1.82, 2.24) is 20.1 Å². The number of rotatable bonds is 6. The largest absolute Gasteiger partial charge is 0.480 e. The molecule has 0 spiro atoms. The highest BCUT2D eigenvalue weighted by Crippen LogP contribution is 2.24. The highest BCUT2D eigenvalue weighted by molar-refractivity contribution is 5.80. The molecule has 2 aromatic rings. The molecule has 0 saturated carbocycles. The van der Waals surface area contributed by atoms with Crippen LogP contribution in [-0.2, 0) is 16.9 Å². The van der Waals surface area contributed by atoms with Crippen molar-refractivity contribution in [3.05, 3.63) is 48.5 Å². The number of benzene rings is 1. The third-order valence-corrected chi connectivity index (χ3v) is 3.03. The van der Waals surface area contributed by atoms with E-state index in [1.54, 1.807) is 12.1 Å². The fourth-order valence-corrected chi connectivity index (χ4v) is 2.25. The van der Waals surface area contributed by atoms with E-state index in [1.807, 2.05) is 32.0 Å². The molecule has 6 heteroatoms. The van der Waals surface area contributed by atoms with Gasteiger partial charge in [0.25, 0.3) is 0 Å². The first-order valence-corrected chi connectivity index (χ1v) is 6.43. The maximum absolute atomic E-state index is 12.0. The summed E-state index contributed by atoms with van der Waals surface area (Å²) < 4.78 is 1.52. The van der Waals surface area contributed by atoms with Crippen LogP contribution in [0.1, 0.15) is 19.4 Å². The van der Waals surface area contributed by atoms with Crippen LogP contribution in [0.4, 0.5) is 0 Å². The molecule has 1 aromatic heterocycles. The molecule has 0 radical (unpaired) electrons. The first-order valence-electron chi connectivity index (χ1n) is 6.43. The molecule has 1 heterocycles. The second kappa shape index (κ2) is 5.83. The Labute approximate surface area is 117 Å². The van der Waals surface area contributed by atoms with E-state index in [0.29, 0.717) is 5.56 Å². The van der Waals surface area contributed by atoms with Gasteiger partial charge in [0.15, 0.2) is 5.54 Å². The lowest BCUT2D eigenvalue weighted by Crippen LogP contribution is -2.54. The van der Waals surface area contributed by atoms with Crippen LogP contribution in [0.25, 0.3) is 0 Å². The highest BCUT2D eigenvalue weighted by Gasteiger charge is 2.41. The molecule has 2 rings (SSSR count). The van der Waals surface area contributed by atoms with Crippen LogP contribution >= 0.6 is 0 Å². The Morgan fingerprint density at radius 2 is 2.10 bits per heavy atom. The van der Waals surface area contributed by atoms with E-state index >= 15 is 0 Å². The molecule has 0 aliphatic heterocycles. The SMILES string of the molecule is CC(C)NC(Cn1cncn1)(C(=O)O)c1ccccc1. The molecule has 20 heavy (non-hydrogen) atoms. The van der Waals surface area contributed by atoms with Crippen molar-refractivity contribution in [3.63, 3.8) is 0 Å². The van der Waals surface area contributed by atoms with Gasteiger partial charge in [-0.2, -0.15) is 5.10 Å². The van der Waals surface area contributed by atoms with E-state index in [0.717, 1.165) is 0 Å². The van der Waals surface area contributed by atoms with Crippen LogP contribution in [0, 0.1) is 0 Å². The molecule has 0 bridgehead atoms. The standard InChI is InChI=1S/C14H18N4O2/c1-11(2)17-14(13(19)20,8-18-10-15-9-16-18)12-6-4-3-5-7-12/h3-7,9-11,17H,8H2,1-2H3,(H,19,20). The molecule has 0 aliphatic carbocycles. The van der Waals surface area contributed by atoms with Crippen molar-refractivity contribution in [1.29, 1.82) is 0 Å². The van der Waals surface area contributed by atoms with E-state index in [2.05, 4.69) is 15.4 Å². The van der Waals surface area contributed by atoms with Crippen LogP contribution in [-0.4, -0.2) is 31.9 Å². The van der Waals surface area contributed by atoms with Crippen molar-refractivity contribution >= 4 is 5.97 Å². The van der Waals surface area contributed by atoms with Crippen molar-refractivity contribution in [2.45, 2.75) is 32.0 Å². The lowest BCUT2D eigenvalue weighted by Gasteiger charge is -2.33. The summed E-state index contributed by atoms with van der Waals surface area (Å²) in [5.41, 5.74) is -0.542. The Kier molecular flexibility index (Phi) is 4.14. The molecule has 1 atom stereocenters. The van der Waals surface area contributed by atoms with E-state index < -0.39 is 11.5 Å². The van der Waals surface area contributed by atoms with Gasteiger partial charge in [-0.3, -0.25) is 10.00 Å². The highest BCUT2D eigenvalue weighted by atomic mass is 16.4. The Morgan fingerprint density at radius 3 is 2.60 bits per heavy atom. The van der Waals surface area contributed by atoms with Gasteiger partial charge in [-0.15, -0.1) is 0 Å². The van der Waals surface area contributed by atoms with Crippen molar-refractivity contribution in [2.75, 3.05) is 0 Å². The molecule has 0 saturated heterocycles. The minimum absolute atomic E-state index is 0.00910. The minimum atomic E-state index is -1.23. The smallest absolute Gasteiger partial charge is 0.330 e. The summed E-state index contributed by atoms with van der Waals surface area (Å²) >= 11 is 0. The summed E-state index contributed by atoms with van der Waals surface area (Å²) in [5.74, 6) is -0.937. The molecule has 0 fully saturated rings. The summed E-state index contributed by atoms with van der Waals surface area (Å²) in [6.45, 7) is 4.01. The minimum Gasteiger partial charge on any atom is -0.480 e. The fraction of sp³-hybridized carbons (Fsp3) is 0.357. The molecule has 2 N–H and O–H groups in total. The van der Waals surface area contributed by atoms with Crippen molar-refractivity contribution in [3.8, 4) is 0 Å². The maximum Gasteiger partial charge on any atom is 0.330 e. The van der Waals surface area contributed by atoms with E-state index in [4.69, 9.17) is 0 Å². The molecule has 6 nitrogen and oxygen atoms in total. The van der Waals surface area contributed by atoms with Crippen LogP contribution in [0.15, 0.2) is 43.0 Å². The van der Waals surface area contributed by atoms with Gasteiger partial charge in [0.1, 0.15) is 12.7 Å². The Hall–Kier alpha value is -2.21. The summed E-state index contributed by atoms with van der Waals surface area (Å²) in [6, 6.07) is 9.14. The average Bonchev–Trinajstić information content (AvgIpc) is 2.91. The Bertz CT molecular complexity index is 554. The topological polar surface area (TPSA) is 80.0 Å². The summed E-state index contributed by atoms with van der Waals surface area (Å²) in [4.78, 5) is 15.8. The first kappa shape index (κ1) is 14.2. The molecule has 106 valence electrons. The lowest BCUT2D eigenvalue weighted by molar-refractivity contribution is -0.146. The number of nitrogens with one attached hydrogen (secondary N) is 1. The van der Waals surface area contributed by atoms with Gasteiger partial charge in [0.2, 0.25) is 0 Å². The monoisotopic (exact) mass is 274 g/mol. The van der Waals surface area contributed by atoms with Crippen LogP contribution < -0.4 is 5.32 Å². The molecular formula is C14H18N4O2. The number of carboxylic acid groups (broad SMARTS) is 1.